The number of aliphatic imine (C=N–C) groups is 1. The van der Waals surface area contributed by atoms with Crippen LogP contribution in [0.25, 0.3) is 0 Å². The number of carbonyl (C=O) groups is 1. The molecule has 0 saturated heterocycles. The third kappa shape index (κ3) is 5.58. The zero-order valence-corrected chi connectivity index (χ0v) is 15.4. The smallest absolute Gasteiger partial charge is 0.251 e. The van der Waals surface area contributed by atoms with E-state index in [1.807, 2.05) is 30.1 Å². The first-order valence-corrected chi connectivity index (χ1v) is 8.51. The van der Waals surface area contributed by atoms with E-state index in [4.69, 9.17) is 0 Å². The zero-order valence-electron chi connectivity index (χ0n) is 15.4. The molecule has 2 N–H and O–H groups in total. The molecule has 0 aromatic heterocycles. The summed E-state index contributed by atoms with van der Waals surface area (Å²) in [5, 5.41) is 5.98. The minimum atomic E-state index is -0.376. The van der Waals surface area contributed by atoms with Crippen molar-refractivity contribution in [2.24, 2.45) is 4.99 Å². The van der Waals surface area contributed by atoms with E-state index in [-0.39, 0.29) is 11.7 Å². The number of guanidine groups is 1. The molecule has 0 aliphatic carbocycles. The van der Waals surface area contributed by atoms with E-state index in [0.717, 1.165) is 12.5 Å². The maximum absolute atomic E-state index is 13.5. The molecule has 0 heterocycles. The van der Waals surface area contributed by atoms with Gasteiger partial charge in [-0.15, -0.1) is 0 Å². The second-order valence-corrected chi connectivity index (χ2v) is 6.04. The summed E-state index contributed by atoms with van der Waals surface area (Å²) in [5.41, 5.74) is 2.03. The third-order valence-corrected chi connectivity index (χ3v) is 3.96. The molecule has 0 bridgehead atoms. The number of rotatable bonds is 6. The van der Waals surface area contributed by atoms with Crippen molar-refractivity contribution in [3.63, 3.8) is 0 Å². The lowest BCUT2D eigenvalue weighted by Crippen LogP contribution is -2.42. The Morgan fingerprint density at radius 1 is 1.12 bits per heavy atom. The predicted molar refractivity (Wildman–Crippen MR) is 103 cm³/mol. The Balaban J connectivity index is 1.78. The molecular weight excluding hydrogens is 331 g/mol. The molecule has 0 aliphatic rings. The summed E-state index contributed by atoms with van der Waals surface area (Å²) in [7, 11) is 3.67. The van der Waals surface area contributed by atoms with Crippen LogP contribution in [-0.4, -0.2) is 44.0 Å². The van der Waals surface area contributed by atoms with Gasteiger partial charge in [0.15, 0.2) is 5.96 Å². The van der Waals surface area contributed by atoms with Gasteiger partial charge < -0.3 is 15.5 Å². The molecule has 26 heavy (non-hydrogen) atoms. The van der Waals surface area contributed by atoms with Crippen molar-refractivity contribution >= 4 is 11.9 Å². The normalized spacial score (nSPS) is 11.2. The lowest BCUT2D eigenvalue weighted by atomic mass is 10.1. The number of aryl methyl sites for hydroxylation is 1. The second kappa shape index (κ2) is 9.56. The van der Waals surface area contributed by atoms with Gasteiger partial charge >= 0.3 is 0 Å². The van der Waals surface area contributed by atoms with E-state index >= 15 is 0 Å². The Kier molecular flexibility index (Phi) is 7.14. The molecule has 2 aromatic carbocycles. The molecule has 0 unspecified atom stereocenters. The monoisotopic (exact) mass is 356 g/mol. The summed E-state index contributed by atoms with van der Waals surface area (Å²) < 4.78 is 13.5. The van der Waals surface area contributed by atoms with Crippen LogP contribution in [0.15, 0.2) is 53.5 Å². The molecule has 0 aliphatic heterocycles. The summed E-state index contributed by atoms with van der Waals surface area (Å²) in [6.07, 6.45) is 0. The highest BCUT2D eigenvalue weighted by Crippen LogP contribution is 2.08. The van der Waals surface area contributed by atoms with Crippen LogP contribution in [0.2, 0.25) is 0 Å². The first-order valence-electron chi connectivity index (χ1n) is 8.51. The molecule has 1 amide bonds. The van der Waals surface area contributed by atoms with Gasteiger partial charge in [0.2, 0.25) is 0 Å². The number of halogens is 1. The van der Waals surface area contributed by atoms with E-state index in [1.54, 1.807) is 26.1 Å². The van der Waals surface area contributed by atoms with Crippen molar-refractivity contribution in [3.8, 4) is 0 Å². The predicted octanol–water partition coefficient (Wildman–Crippen LogP) is 2.57. The number of hydrogen-bond donors (Lipinski definition) is 2. The number of nitrogens with zero attached hydrogens (tertiary/aromatic N) is 2. The summed E-state index contributed by atoms with van der Waals surface area (Å²) in [4.78, 5) is 18.3. The van der Waals surface area contributed by atoms with Crippen molar-refractivity contribution in [3.05, 3.63) is 71.0 Å². The van der Waals surface area contributed by atoms with Gasteiger partial charge in [-0.3, -0.25) is 9.79 Å². The average molecular weight is 356 g/mol. The molecule has 138 valence electrons. The van der Waals surface area contributed by atoms with Crippen LogP contribution in [0, 0.1) is 12.7 Å². The van der Waals surface area contributed by atoms with E-state index in [9.17, 15) is 9.18 Å². The summed E-state index contributed by atoms with van der Waals surface area (Å²) >= 11 is 0. The first kappa shape index (κ1) is 19.4. The number of benzene rings is 2. The molecule has 6 heteroatoms. The number of hydrogen-bond acceptors (Lipinski definition) is 2. The van der Waals surface area contributed by atoms with Crippen LogP contribution < -0.4 is 10.6 Å². The fourth-order valence-electron chi connectivity index (χ4n) is 2.50. The van der Waals surface area contributed by atoms with E-state index in [1.165, 1.54) is 11.6 Å². The maximum Gasteiger partial charge on any atom is 0.251 e. The number of amides is 1. The Bertz CT molecular complexity index is 762. The quantitative estimate of drug-likeness (QED) is 0.475. The highest BCUT2D eigenvalue weighted by Gasteiger charge is 2.09. The Morgan fingerprint density at radius 3 is 2.46 bits per heavy atom. The summed E-state index contributed by atoms with van der Waals surface area (Å²) in [6.45, 7) is 3.33. The SMILES string of the molecule is CN=C(NCCNC(=O)c1ccc(C)c(F)c1)N(C)Cc1ccccc1. The fourth-order valence-corrected chi connectivity index (χ4v) is 2.50. The van der Waals surface area contributed by atoms with Crippen molar-refractivity contribution in [2.45, 2.75) is 13.5 Å². The Hall–Kier alpha value is -2.89. The fraction of sp³-hybridized carbons (Fsp3) is 0.300. The standard InChI is InChI=1S/C20H25FN4O/c1-15-9-10-17(13-18(15)21)19(26)23-11-12-24-20(22-2)25(3)14-16-7-5-4-6-8-16/h4-10,13H,11-12,14H2,1-3H3,(H,22,24)(H,23,26). The lowest BCUT2D eigenvalue weighted by Gasteiger charge is -2.22. The minimum absolute atomic E-state index is 0.293. The highest BCUT2D eigenvalue weighted by molar-refractivity contribution is 5.94. The maximum atomic E-state index is 13.5. The van der Waals surface area contributed by atoms with Crippen LogP contribution in [0.1, 0.15) is 21.5 Å². The van der Waals surface area contributed by atoms with Gasteiger partial charge in [0, 0.05) is 39.3 Å². The molecular formula is C20H25FN4O. The van der Waals surface area contributed by atoms with Gasteiger partial charge in [-0.2, -0.15) is 0 Å². The van der Waals surface area contributed by atoms with Crippen LogP contribution in [-0.2, 0) is 6.54 Å². The average Bonchev–Trinajstić information content (AvgIpc) is 2.64. The van der Waals surface area contributed by atoms with E-state index in [2.05, 4.69) is 27.8 Å². The van der Waals surface area contributed by atoms with Gasteiger partial charge in [-0.05, 0) is 30.2 Å². The first-order chi connectivity index (χ1) is 12.5. The van der Waals surface area contributed by atoms with Crippen molar-refractivity contribution in [1.82, 2.24) is 15.5 Å². The van der Waals surface area contributed by atoms with Crippen molar-refractivity contribution < 1.29 is 9.18 Å². The topological polar surface area (TPSA) is 56.7 Å². The van der Waals surface area contributed by atoms with Crippen LogP contribution in [0.5, 0.6) is 0 Å². The van der Waals surface area contributed by atoms with E-state index in [0.29, 0.717) is 24.2 Å². The van der Waals surface area contributed by atoms with Crippen LogP contribution in [0.4, 0.5) is 4.39 Å². The molecule has 0 atom stereocenters. The molecule has 0 radical (unpaired) electrons. The third-order valence-electron chi connectivity index (χ3n) is 3.96. The zero-order chi connectivity index (χ0) is 18.9. The van der Waals surface area contributed by atoms with Gasteiger partial charge in [0.1, 0.15) is 5.82 Å². The summed E-state index contributed by atoms with van der Waals surface area (Å²) in [6, 6.07) is 14.6. The van der Waals surface area contributed by atoms with Gasteiger partial charge in [-0.1, -0.05) is 36.4 Å². The van der Waals surface area contributed by atoms with Crippen LogP contribution >= 0.6 is 0 Å². The van der Waals surface area contributed by atoms with Crippen molar-refractivity contribution in [2.75, 3.05) is 27.2 Å². The van der Waals surface area contributed by atoms with Gasteiger partial charge in [0.05, 0.1) is 0 Å². The lowest BCUT2D eigenvalue weighted by molar-refractivity contribution is 0.0954. The minimum Gasteiger partial charge on any atom is -0.354 e. The van der Waals surface area contributed by atoms with Gasteiger partial charge in [0.25, 0.3) is 5.91 Å². The second-order valence-electron chi connectivity index (χ2n) is 6.04. The number of nitrogens with one attached hydrogen (secondary N) is 2. The highest BCUT2D eigenvalue weighted by atomic mass is 19.1. The molecule has 0 spiro atoms. The van der Waals surface area contributed by atoms with Gasteiger partial charge in [-0.25, -0.2) is 4.39 Å². The molecule has 5 nitrogen and oxygen atoms in total. The molecule has 2 aromatic rings. The molecule has 0 fully saturated rings. The number of carbonyl (C=O) groups excluding carboxylic acids is 1. The van der Waals surface area contributed by atoms with Crippen LogP contribution in [0.3, 0.4) is 0 Å². The molecule has 2 rings (SSSR count). The Morgan fingerprint density at radius 2 is 1.81 bits per heavy atom. The molecule has 0 saturated carbocycles. The Labute approximate surface area is 153 Å². The van der Waals surface area contributed by atoms with Crippen molar-refractivity contribution in [1.29, 1.82) is 0 Å². The largest absolute Gasteiger partial charge is 0.354 e. The summed E-state index contributed by atoms with van der Waals surface area (Å²) in [5.74, 6) is 0.0709. The van der Waals surface area contributed by atoms with E-state index < -0.39 is 0 Å².